The number of hydrogen-bond donors (Lipinski definition) is 0. The molecule has 62 heavy (non-hydrogen) atoms. The third-order valence-corrected chi connectivity index (χ3v) is 12.1. The molecule has 0 fully saturated rings. The Morgan fingerprint density at radius 3 is 1.60 bits per heavy atom. The third-order valence-electron chi connectivity index (χ3n) is 10.5. The summed E-state index contributed by atoms with van der Waals surface area (Å²) in [6.45, 7) is 8.15. The first-order valence-electron chi connectivity index (χ1n) is 18.6. The van der Waals surface area contributed by atoms with Gasteiger partial charge in [-0.1, -0.05) is 86.1 Å². The molecule has 0 saturated carbocycles. The van der Waals surface area contributed by atoms with Crippen LogP contribution in [0.5, 0.6) is 23.0 Å². The van der Waals surface area contributed by atoms with Gasteiger partial charge in [0.25, 0.3) is 11.8 Å². The van der Waals surface area contributed by atoms with E-state index in [1.165, 1.54) is 29.2 Å². The molecule has 8 aromatic carbocycles. The Morgan fingerprint density at radius 2 is 1.10 bits per heavy atom. The molecule has 0 N–H and O–H groups in total. The van der Waals surface area contributed by atoms with Gasteiger partial charge in [-0.2, -0.15) is 18.2 Å². The fourth-order valence-electron chi connectivity index (χ4n) is 8.08. The number of halogens is 1. The maximum Gasteiger partial charge on any atom is 1.00 e. The topological polar surface area (TPSA) is 164 Å². The van der Waals surface area contributed by atoms with Crippen LogP contribution in [0.1, 0.15) is 71.4 Å². The largest absolute Gasteiger partial charge is 1.00 e. The van der Waals surface area contributed by atoms with Gasteiger partial charge in [0.15, 0.2) is 0 Å². The third kappa shape index (κ3) is 8.46. The molecule has 1 aliphatic rings. The second kappa shape index (κ2) is 18.5. The van der Waals surface area contributed by atoms with E-state index in [1.807, 2.05) is 76.2 Å². The molecular formula is C46H32BrNNa2O10S2. The quantitative estimate of drug-likeness (QED) is 0.0515. The van der Waals surface area contributed by atoms with Crippen molar-refractivity contribution in [1.82, 2.24) is 0 Å². The molecule has 1 aliphatic heterocycles. The van der Waals surface area contributed by atoms with Crippen molar-refractivity contribution >= 4 is 97.2 Å². The summed E-state index contributed by atoms with van der Waals surface area (Å²) in [5, 5.41) is 5.88. The first kappa shape index (κ1) is 47.3. The molecule has 16 heteroatoms. The minimum atomic E-state index is -4.71. The average molecular weight is 949 g/mol. The van der Waals surface area contributed by atoms with Gasteiger partial charge in [-0.3, -0.25) is 9.59 Å². The number of carbonyl (C=O) groups excluding carboxylic acids is 2. The minimum absolute atomic E-state index is 0. The first-order chi connectivity index (χ1) is 28.6. The standard InChI is InChI=1S/C46H33BrNO7S.2Na.O3S/c1-24(2)29-12-8-13-30(25(3)4)44(29)48-45(49)34-22-37(55-27-16-18-28(19-17-27)56(51,52)53)41-32-15-9-14-31-36(47)21-20-33(39(31)32)42-38(54-26-10-6-5-7-11-26)23-35(46(48)50)40(34)43(41)42;;;1-4(2)3/h6-25H,1-4H3,(H,51,52,53);;;/q-1;2*+1;/p-1. The van der Waals surface area contributed by atoms with Gasteiger partial charge in [-0.05, 0) is 87.0 Å². The molecule has 0 aliphatic carbocycles. The number of amides is 2. The number of imide groups is 1. The summed E-state index contributed by atoms with van der Waals surface area (Å²) < 4.78 is 74.9. The van der Waals surface area contributed by atoms with Crippen molar-refractivity contribution in [1.29, 1.82) is 0 Å². The van der Waals surface area contributed by atoms with Crippen molar-refractivity contribution in [3.05, 3.63) is 142 Å². The summed E-state index contributed by atoms with van der Waals surface area (Å²) in [4.78, 5) is 31.3. The number of benzene rings is 8. The normalized spacial score (nSPS) is 12.4. The van der Waals surface area contributed by atoms with Crippen molar-refractivity contribution in [2.45, 2.75) is 44.4 Å². The summed E-state index contributed by atoms with van der Waals surface area (Å²) in [5.74, 6) is 0.497. The van der Waals surface area contributed by atoms with Crippen LogP contribution in [0.2, 0.25) is 0 Å². The van der Waals surface area contributed by atoms with Crippen LogP contribution in [0.15, 0.2) is 119 Å². The summed E-state index contributed by atoms with van der Waals surface area (Å²) in [6.07, 6.45) is 0. The molecule has 302 valence electrons. The van der Waals surface area contributed by atoms with E-state index in [4.69, 9.17) is 22.1 Å². The Labute approximate surface area is 411 Å². The smallest absolute Gasteiger partial charge is 0.744 e. The molecule has 0 radical (unpaired) electrons. The summed E-state index contributed by atoms with van der Waals surface area (Å²) in [6, 6.07) is 34.5. The molecule has 8 aromatic rings. The van der Waals surface area contributed by atoms with E-state index in [1.54, 1.807) is 36.4 Å². The predicted molar refractivity (Wildman–Crippen MR) is 231 cm³/mol. The zero-order valence-electron chi connectivity index (χ0n) is 34.3. The van der Waals surface area contributed by atoms with E-state index in [-0.39, 0.29) is 82.3 Å². The van der Waals surface area contributed by atoms with Crippen molar-refractivity contribution in [3.63, 3.8) is 0 Å². The van der Waals surface area contributed by atoms with Gasteiger partial charge in [0, 0.05) is 31.8 Å². The Kier molecular flexibility index (Phi) is 14.1. The van der Waals surface area contributed by atoms with Crippen LogP contribution < -0.4 is 73.5 Å². The van der Waals surface area contributed by atoms with Crippen LogP contribution in [-0.4, -0.2) is 37.4 Å². The van der Waals surface area contributed by atoms with E-state index in [0.717, 1.165) is 37.1 Å². The fourth-order valence-corrected chi connectivity index (χ4v) is 9.01. The monoisotopic (exact) mass is 947 g/mol. The number of carbonyl (C=O) groups is 2. The maximum atomic E-state index is 15.2. The Bertz CT molecular complexity index is 3280. The van der Waals surface area contributed by atoms with E-state index in [0.29, 0.717) is 50.0 Å². The molecule has 9 rings (SSSR count). The molecule has 2 amide bonds. The number of nitrogens with zero attached hydrogens (tertiary/aromatic N) is 1. The first-order valence-corrected chi connectivity index (χ1v) is 21.8. The van der Waals surface area contributed by atoms with Gasteiger partial charge in [0.1, 0.15) is 27.4 Å². The Hall–Kier alpha value is -4.19. The van der Waals surface area contributed by atoms with Crippen molar-refractivity contribution < 1.29 is 104 Å². The van der Waals surface area contributed by atoms with Crippen LogP contribution in [0, 0.1) is 6.07 Å². The van der Waals surface area contributed by atoms with Crippen molar-refractivity contribution in [3.8, 4) is 23.0 Å². The second-order valence-corrected chi connectivity index (χ2v) is 17.4. The molecule has 0 saturated heterocycles. The summed E-state index contributed by atoms with van der Waals surface area (Å²) in [5.41, 5.74) is 2.84. The molecule has 11 nitrogen and oxygen atoms in total. The van der Waals surface area contributed by atoms with Crippen molar-refractivity contribution in [2.75, 3.05) is 4.90 Å². The minimum Gasteiger partial charge on any atom is -0.744 e. The number of ether oxygens (including phenoxy) is 2. The predicted octanol–water partition coefficient (Wildman–Crippen LogP) is 4.84. The van der Waals surface area contributed by atoms with Gasteiger partial charge in [0.2, 0.25) is 0 Å². The van der Waals surface area contributed by atoms with Crippen LogP contribution in [0.4, 0.5) is 5.69 Å². The molecule has 1 heterocycles. The number of hydrogen-bond acceptors (Lipinski definition) is 10. The van der Waals surface area contributed by atoms with Gasteiger partial charge < -0.3 is 14.0 Å². The number of para-hydroxylation sites is 1. The second-order valence-electron chi connectivity index (χ2n) is 14.8. The van der Waals surface area contributed by atoms with E-state index in [9.17, 15) is 13.0 Å². The molecule has 0 atom stereocenters. The fraction of sp³-hybridized carbons (Fsp3) is 0.130. The Morgan fingerprint density at radius 1 is 0.629 bits per heavy atom. The van der Waals surface area contributed by atoms with Crippen LogP contribution in [-0.2, 0) is 20.7 Å². The van der Waals surface area contributed by atoms with Gasteiger partial charge in [0.05, 0.1) is 21.7 Å². The summed E-state index contributed by atoms with van der Waals surface area (Å²) in [7, 11) is -7.82. The SMILES string of the molecule is CC(C)c1cccc(C(C)C)c1N1C(=O)c2cc(Oc3ccc(S(=O)(=O)[O-])cc3)c3c4cccc5c(Br)ccc(c6c(Oc7cc[c-]cc7)cc(c2c36)C1=O)c54.O=S(=O)=O.[Na+].[Na+]. The molecule has 0 spiro atoms. The van der Waals surface area contributed by atoms with E-state index >= 15 is 9.59 Å². The number of rotatable bonds is 8. The van der Waals surface area contributed by atoms with Crippen LogP contribution >= 0.6 is 15.9 Å². The number of anilines is 1. The van der Waals surface area contributed by atoms with E-state index < -0.39 is 37.4 Å². The Balaban J connectivity index is 0.00000103. The van der Waals surface area contributed by atoms with Crippen LogP contribution in [0.3, 0.4) is 0 Å². The van der Waals surface area contributed by atoms with Gasteiger partial charge in [-0.15, -0.1) is 24.8 Å². The molecule has 0 aromatic heterocycles. The van der Waals surface area contributed by atoms with E-state index in [2.05, 4.69) is 22.0 Å². The molecule has 0 unspecified atom stereocenters. The van der Waals surface area contributed by atoms with Gasteiger partial charge >= 0.3 is 69.7 Å². The van der Waals surface area contributed by atoms with Gasteiger partial charge in [-0.25, -0.2) is 13.3 Å². The summed E-state index contributed by atoms with van der Waals surface area (Å²) >= 11 is 3.75. The zero-order chi connectivity index (χ0) is 42.8. The zero-order valence-corrected chi connectivity index (χ0v) is 41.5. The van der Waals surface area contributed by atoms with Crippen molar-refractivity contribution in [2.24, 2.45) is 0 Å². The molecule has 0 bridgehead atoms. The number of fused-ring (bicyclic) bond motifs is 2. The maximum absolute atomic E-state index is 15.2. The molecular weight excluding hydrogens is 917 g/mol. The average Bonchev–Trinajstić information content (AvgIpc) is 3.20. The van der Waals surface area contributed by atoms with Crippen LogP contribution in [0.25, 0.3) is 43.1 Å².